The van der Waals surface area contributed by atoms with Crippen molar-refractivity contribution < 1.29 is 19.1 Å². The van der Waals surface area contributed by atoms with Crippen LogP contribution in [0.5, 0.6) is 0 Å². The van der Waals surface area contributed by atoms with E-state index >= 15 is 0 Å². The second-order valence-electron chi connectivity index (χ2n) is 5.83. The van der Waals surface area contributed by atoms with Gasteiger partial charge in [-0.15, -0.1) is 0 Å². The summed E-state index contributed by atoms with van der Waals surface area (Å²) in [5.74, 6) is -2.03. The fourth-order valence-corrected chi connectivity index (χ4v) is 2.90. The molecule has 10 heteroatoms. The van der Waals surface area contributed by atoms with Gasteiger partial charge in [-0.3, -0.25) is 9.59 Å². The minimum Gasteiger partial charge on any atom is -0.480 e. The summed E-state index contributed by atoms with van der Waals surface area (Å²) in [6.07, 6.45) is 5.84. The number of carbonyl (C=O) groups excluding carboxylic acids is 1. The normalized spacial score (nSPS) is 11.1. The first kappa shape index (κ1) is 16.6. The van der Waals surface area contributed by atoms with Crippen LogP contribution in [0, 0.1) is 5.82 Å². The van der Waals surface area contributed by atoms with Crippen molar-refractivity contribution in [2.75, 3.05) is 6.54 Å². The van der Waals surface area contributed by atoms with Gasteiger partial charge in [0.1, 0.15) is 36.5 Å². The molecular formula is C17H13FN6O3. The minimum absolute atomic E-state index is 0.0860. The number of aromatic amines is 1. The number of amides is 1. The van der Waals surface area contributed by atoms with Crippen LogP contribution < -0.4 is 5.32 Å². The van der Waals surface area contributed by atoms with Crippen molar-refractivity contribution in [1.82, 2.24) is 29.8 Å². The maximum Gasteiger partial charge on any atom is 0.322 e. The van der Waals surface area contributed by atoms with E-state index in [0.29, 0.717) is 33.3 Å². The number of aliphatic carboxylic acids is 1. The van der Waals surface area contributed by atoms with Crippen LogP contribution in [0.3, 0.4) is 0 Å². The molecule has 0 aliphatic rings. The molecule has 3 N–H and O–H groups in total. The first-order valence-corrected chi connectivity index (χ1v) is 7.94. The zero-order valence-corrected chi connectivity index (χ0v) is 13.8. The second kappa shape index (κ2) is 6.48. The molecule has 0 saturated heterocycles. The minimum atomic E-state index is -1.12. The third-order valence-corrected chi connectivity index (χ3v) is 4.06. The fraction of sp³-hybridized carbons (Fsp3) is 0.118. The summed E-state index contributed by atoms with van der Waals surface area (Å²) in [6, 6.07) is 3.12. The van der Waals surface area contributed by atoms with Crippen molar-refractivity contribution in [3.05, 3.63) is 42.9 Å². The standard InChI is InChI=1S/C17H13FN6O3/c18-9-3-11-12(5-21-16(11)20-4-9)15-10-1-2-24(17(10)23-8-22-15)7-13(25)19-6-14(26)27/h1-5,8H,6-7H2,(H,19,25)(H,20,21)(H,26,27). The van der Waals surface area contributed by atoms with Crippen LogP contribution in [0.25, 0.3) is 33.3 Å². The molecule has 0 bridgehead atoms. The van der Waals surface area contributed by atoms with Crippen molar-refractivity contribution in [1.29, 1.82) is 0 Å². The molecule has 0 aromatic carbocycles. The molecular weight excluding hydrogens is 355 g/mol. The predicted octanol–water partition coefficient (Wildman–Crippen LogP) is 1.31. The fourth-order valence-electron chi connectivity index (χ4n) is 2.90. The number of rotatable bonds is 5. The summed E-state index contributed by atoms with van der Waals surface area (Å²) in [5.41, 5.74) is 2.27. The van der Waals surface area contributed by atoms with E-state index in [9.17, 15) is 14.0 Å². The molecule has 4 aromatic rings. The third-order valence-electron chi connectivity index (χ3n) is 4.06. The van der Waals surface area contributed by atoms with Gasteiger partial charge in [-0.25, -0.2) is 19.3 Å². The zero-order valence-electron chi connectivity index (χ0n) is 13.8. The van der Waals surface area contributed by atoms with E-state index in [1.54, 1.807) is 23.0 Å². The van der Waals surface area contributed by atoms with Crippen LogP contribution in [0.15, 0.2) is 37.1 Å². The maximum absolute atomic E-state index is 13.6. The van der Waals surface area contributed by atoms with Gasteiger partial charge in [-0.2, -0.15) is 0 Å². The van der Waals surface area contributed by atoms with Crippen LogP contribution >= 0.6 is 0 Å². The van der Waals surface area contributed by atoms with Gasteiger partial charge in [-0.1, -0.05) is 0 Å². The number of H-pyrrole nitrogens is 1. The maximum atomic E-state index is 13.6. The average Bonchev–Trinajstić information content (AvgIpc) is 3.24. The van der Waals surface area contributed by atoms with Gasteiger partial charge in [0.05, 0.1) is 11.9 Å². The first-order valence-electron chi connectivity index (χ1n) is 7.94. The Balaban J connectivity index is 1.73. The Morgan fingerprint density at radius 3 is 2.93 bits per heavy atom. The number of carboxylic acids is 1. The lowest BCUT2D eigenvalue weighted by molar-refractivity contribution is -0.138. The molecule has 0 aliphatic carbocycles. The molecule has 4 heterocycles. The van der Waals surface area contributed by atoms with Crippen molar-refractivity contribution in [3.63, 3.8) is 0 Å². The first-order chi connectivity index (χ1) is 13.0. The number of pyridine rings is 1. The summed E-state index contributed by atoms with van der Waals surface area (Å²) >= 11 is 0. The number of hydrogen-bond donors (Lipinski definition) is 3. The van der Waals surface area contributed by atoms with Crippen LogP contribution in [-0.2, 0) is 16.1 Å². The van der Waals surface area contributed by atoms with E-state index in [4.69, 9.17) is 5.11 Å². The van der Waals surface area contributed by atoms with E-state index in [2.05, 4.69) is 25.3 Å². The monoisotopic (exact) mass is 368 g/mol. The molecule has 4 aromatic heterocycles. The molecule has 0 spiro atoms. The van der Waals surface area contributed by atoms with E-state index in [-0.39, 0.29) is 6.54 Å². The number of carbonyl (C=O) groups is 2. The number of hydrogen-bond acceptors (Lipinski definition) is 5. The van der Waals surface area contributed by atoms with Crippen LogP contribution in [0.1, 0.15) is 0 Å². The van der Waals surface area contributed by atoms with Gasteiger partial charge in [0.2, 0.25) is 5.91 Å². The van der Waals surface area contributed by atoms with E-state index in [0.717, 1.165) is 6.20 Å². The predicted molar refractivity (Wildman–Crippen MR) is 93.2 cm³/mol. The summed E-state index contributed by atoms with van der Waals surface area (Å²) in [5, 5.41) is 12.2. The molecule has 1 amide bonds. The van der Waals surface area contributed by atoms with Crippen molar-refractivity contribution in [3.8, 4) is 11.3 Å². The van der Waals surface area contributed by atoms with Crippen molar-refractivity contribution in [2.45, 2.75) is 6.54 Å². The third kappa shape index (κ3) is 3.08. The zero-order chi connectivity index (χ0) is 19.0. The highest BCUT2D eigenvalue weighted by atomic mass is 19.1. The van der Waals surface area contributed by atoms with Gasteiger partial charge >= 0.3 is 5.97 Å². The highest BCUT2D eigenvalue weighted by Crippen LogP contribution is 2.31. The molecule has 0 radical (unpaired) electrons. The molecule has 0 fully saturated rings. The summed E-state index contributed by atoms with van der Waals surface area (Å²) < 4.78 is 15.2. The number of carboxylic acid groups (broad SMARTS) is 1. The molecule has 27 heavy (non-hydrogen) atoms. The summed E-state index contributed by atoms with van der Waals surface area (Å²) in [4.78, 5) is 37.9. The van der Waals surface area contributed by atoms with Gasteiger partial charge in [0.25, 0.3) is 0 Å². The largest absolute Gasteiger partial charge is 0.480 e. The number of nitrogens with one attached hydrogen (secondary N) is 2. The lowest BCUT2D eigenvalue weighted by atomic mass is 10.1. The highest BCUT2D eigenvalue weighted by Gasteiger charge is 2.16. The summed E-state index contributed by atoms with van der Waals surface area (Å²) in [6.45, 7) is -0.538. The smallest absolute Gasteiger partial charge is 0.322 e. The quantitative estimate of drug-likeness (QED) is 0.488. The van der Waals surface area contributed by atoms with Gasteiger partial charge < -0.3 is 20.0 Å². The van der Waals surface area contributed by atoms with E-state index < -0.39 is 24.2 Å². The van der Waals surface area contributed by atoms with E-state index in [1.807, 2.05) is 0 Å². The Kier molecular flexibility index (Phi) is 3.99. The molecule has 9 nitrogen and oxygen atoms in total. The average molecular weight is 368 g/mol. The van der Waals surface area contributed by atoms with Crippen molar-refractivity contribution >= 4 is 33.9 Å². The van der Waals surface area contributed by atoms with E-state index in [1.165, 1.54) is 12.4 Å². The molecule has 0 aliphatic heterocycles. The number of aromatic nitrogens is 5. The van der Waals surface area contributed by atoms with Crippen LogP contribution in [-0.4, -0.2) is 48.0 Å². The van der Waals surface area contributed by atoms with Gasteiger partial charge in [0.15, 0.2) is 0 Å². The van der Waals surface area contributed by atoms with Gasteiger partial charge in [-0.05, 0) is 12.1 Å². The lowest BCUT2D eigenvalue weighted by Crippen LogP contribution is -2.32. The Morgan fingerprint density at radius 2 is 2.11 bits per heavy atom. The number of fused-ring (bicyclic) bond motifs is 2. The number of halogens is 1. The Labute approximate surface area is 150 Å². The van der Waals surface area contributed by atoms with Gasteiger partial charge in [0, 0.05) is 28.7 Å². The molecule has 0 saturated carbocycles. The number of nitrogens with zero attached hydrogens (tertiary/aromatic N) is 4. The Morgan fingerprint density at radius 1 is 1.26 bits per heavy atom. The summed E-state index contributed by atoms with van der Waals surface area (Å²) in [7, 11) is 0. The molecule has 0 unspecified atom stereocenters. The van der Waals surface area contributed by atoms with Crippen molar-refractivity contribution in [2.24, 2.45) is 0 Å². The highest BCUT2D eigenvalue weighted by molar-refractivity contribution is 6.01. The lowest BCUT2D eigenvalue weighted by Gasteiger charge is -2.06. The van der Waals surface area contributed by atoms with Crippen LogP contribution in [0.2, 0.25) is 0 Å². The topological polar surface area (TPSA) is 126 Å². The second-order valence-corrected chi connectivity index (χ2v) is 5.83. The Bertz CT molecular complexity index is 1180. The van der Waals surface area contributed by atoms with Crippen LogP contribution in [0.4, 0.5) is 4.39 Å². The molecule has 136 valence electrons. The molecule has 4 rings (SSSR count). The molecule has 0 atom stereocenters. The SMILES string of the molecule is O=C(O)CNC(=O)Cn1ccc2c(-c3c[nH]c4ncc(F)cc34)ncnc21. The Hall–Kier alpha value is -3.82.